The van der Waals surface area contributed by atoms with Crippen molar-refractivity contribution in [1.82, 2.24) is 5.32 Å². The van der Waals surface area contributed by atoms with Gasteiger partial charge in [-0.25, -0.2) is 0 Å². The van der Waals surface area contributed by atoms with Gasteiger partial charge in [-0.1, -0.05) is 12.0 Å². The fraction of sp³-hybridized carbons (Fsp3) is 0.467. The molecule has 0 aromatic heterocycles. The number of rotatable bonds is 6. The Kier molecular flexibility index (Phi) is 5.44. The summed E-state index contributed by atoms with van der Waals surface area (Å²) in [7, 11) is 0. The quantitative estimate of drug-likeness (QED) is 0.639. The van der Waals surface area contributed by atoms with Crippen molar-refractivity contribution in [2.24, 2.45) is 0 Å². The highest BCUT2D eigenvalue weighted by atomic mass is 32.2. The van der Waals surface area contributed by atoms with Crippen LogP contribution in [0.25, 0.3) is 0 Å². The number of ether oxygens (including phenoxy) is 2. The van der Waals surface area contributed by atoms with Gasteiger partial charge in [0.2, 0.25) is 0 Å². The number of nitrogens with one attached hydrogen (secondary N) is 1. The molecule has 0 spiro atoms. The zero-order valence-electron chi connectivity index (χ0n) is 11.1. The Bertz CT molecular complexity index is 456. The number of hydrogen-bond donors (Lipinski definition) is 1. The lowest BCUT2D eigenvalue weighted by atomic mass is 10.1. The summed E-state index contributed by atoms with van der Waals surface area (Å²) >= 11 is 1.77. The summed E-state index contributed by atoms with van der Waals surface area (Å²) in [6.07, 6.45) is 5.21. The molecule has 1 heterocycles. The van der Waals surface area contributed by atoms with Gasteiger partial charge in [0.05, 0.1) is 5.75 Å². The molecule has 19 heavy (non-hydrogen) atoms. The number of fused-ring (bicyclic) bond motifs is 1. The van der Waals surface area contributed by atoms with Crippen molar-refractivity contribution in [3.05, 3.63) is 23.8 Å². The molecule has 102 valence electrons. The van der Waals surface area contributed by atoms with Crippen LogP contribution in [0, 0.1) is 12.3 Å². The second kappa shape index (κ2) is 7.32. The first kappa shape index (κ1) is 14.1. The number of hydrogen-bond acceptors (Lipinski definition) is 4. The van der Waals surface area contributed by atoms with Gasteiger partial charge in [-0.15, -0.1) is 18.2 Å². The summed E-state index contributed by atoms with van der Waals surface area (Å²) in [6, 6.07) is 6.41. The normalized spacial score (nSPS) is 14.7. The number of terminal acetylenes is 1. The molecule has 1 N–H and O–H groups in total. The Morgan fingerprint density at radius 3 is 2.95 bits per heavy atom. The largest absolute Gasteiger partial charge is 0.486 e. The molecule has 1 aromatic rings. The third-order valence-corrected chi connectivity index (χ3v) is 3.81. The van der Waals surface area contributed by atoms with Crippen LogP contribution in [0.4, 0.5) is 0 Å². The fourth-order valence-corrected chi connectivity index (χ4v) is 2.45. The van der Waals surface area contributed by atoms with Crippen molar-refractivity contribution < 1.29 is 9.47 Å². The molecule has 1 aromatic carbocycles. The molecule has 0 saturated heterocycles. The van der Waals surface area contributed by atoms with Crippen molar-refractivity contribution in [2.75, 3.05) is 31.3 Å². The minimum Gasteiger partial charge on any atom is -0.486 e. The Labute approximate surface area is 119 Å². The van der Waals surface area contributed by atoms with Gasteiger partial charge in [0.1, 0.15) is 13.2 Å². The topological polar surface area (TPSA) is 30.5 Å². The van der Waals surface area contributed by atoms with E-state index in [2.05, 4.69) is 30.3 Å². The first-order valence-corrected chi connectivity index (χ1v) is 7.61. The maximum atomic E-state index is 5.59. The predicted molar refractivity (Wildman–Crippen MR) is 80.0 cm³/mol. The Morgan fingerprint density at radius 2 is 2.16 bits per heavy atom. The van der Waals surface area contributed by atoms with Gasteiger partial charge in [0.15, 0.2) is 11.5 Å². The Balaban J connectivity index is 1.85. The summed E-state index contributed by atoms with van der Waals surface area (Å²) in [5.74, 6) is 6.12. The maximum Gasteiger partial charge on any atom is 0.161 e. The molecule has 0 amide bonds. The second-order valence-corrected chi connectivity index (χ2v) is 5.44. The van der Waals surface area contributed by atoms with Crippen LogP contribution in [0.15, 0.2) is 18.2 Å². The molecule has 0 saturated carbocycles. The lowest BCUT2D eigenvalue weighted by molar-refractivity contribution is 0.171. The number of thioether (sulfide) groups is 1. The predicted octanol–water partition coefficient (Wildman–Crippen LogP) is 2.47. The van der Waals surface area contributed by atoms with Gasteiger partial charge in [0.25, 0.3) is 0 Å². The standard InChI is InChI=1S/C15H19NO2S/c1-3-9-19-10-6-16-12(2)13-4-5-14-15(11-13)18-8-7-17-14/h1,4-5,11-12,16H,6-10H2,2H3. The third-order valence-electron chi connectivity index (χ3n) is 2.95. The first-order valence-electron chi connectivity index (χ1n) is 6.45. The smallest absolute Gasteiger partial charge is 0.161 e. The molecule has 0 fully saturated rings. The molecule has 2 rings (SSSR count). The number of benzene rings is 1. The van der Waals surface area contributed by atoms with E-state index in [0.717, 1.165) is 29.5 Å². The minimum absolute atomic E-state index is 0.294. The summed E-state index contributed by atoms with van der Waals surface area (Å²) in [4.78, 5) is 0. The van der Waals surface area contributed by atoms with E-state index in [1.54, 1.807) is 11.8 Å². The molecule has 0 bridgehead atoms. The molecule has 1 aliphatic heterocycles. The first-order chi connectivity index (χ1) is 9.31. The summed E-state index contributed by atoms with van der Waals surface area (Å²) < 4.78 is 11.1. The van der Waals surface area contributed by atoms with Crippen LogP contribution in [-0.4, -0.2) is 31.3 Å². The van der Waals surface area contributed by atoms with E-state index < -0.39 is 0 Å². The van der Waals surface area contributed by atoms with Crippen molar-refractivity contribution in [3.8, 4) is 23.8 Å². The van der Waals surface area contributed by atoms with Crippen molar-refractivity contribution in [1.29, 1.82) is 0 Å². The molecule has 1 unspecified atom stereocenters. The van der Waals surface area contributed by atoms with Gasteiger partial charge < -0.3 is 14.8 Å². The SMILES string of the molecule is C#CCSCCNC(C)c1ccc2c(c1)OCCO2. The zero-order chi connectivity index (χ0) is 13.5. The van der Waals surface area contributed by atoms with Gasteiger partial charge >= 0.3 is 0 Å². The van der Waals surface area contributed by atoms with E-state index in [9.17, 15) is 0 Å². The minimum atomic E-state index is 0.294. The van der Waals surface area contributed by atoms with Gasteiger partial charge in [-0.05, 0) is 24.6 Å². The van der Waals surface area contributed by atoms with Crippen LogP contribution in [0.2, 0.25) is 0 Å². The molecular formula is C15H19NO2S. The highest BCUT2D eigenvalue weighted by Gasteiger charge is 2.13. The lowest BCUT2D eigenvalue weighted by Crippen LogP contribution is -2.22. The monoisotopic (exact) mass is 277 g/mol. The Hall–Kier alpha value is -1.31. The van der Waals surface area contributed by atoms with Crippen LogP contribution < -0.4 is 14.8 Å². The van der Waals surface area contributed by atoms with Crippen molar-refractivity contribution >= 4 is 11.8 Å². The molecule has 1 atom stereocenters. The molecule has 4 heteroatoms. The molecule has 0 radical (unpaired) electrons. The van der Waals surface area contributed by atoms with Crippen LogP contribution in [-0.2, 0) is 0 Å². The highest BCUT2D eigenvalue weighted by molar-refractivity contribution is 7.99. The molecular weight excluding hydrogens is 258 g/mol. The van der Waals surface area contributed by atoms with Crippen LogP contribution in [0.3, 0.4) is 0 Å². The maximum absolute atomic E-state index is 5.59. The van der Waals surface area contributed by atoms with Crippen LogP contribution in [0.1, 0.15) is 18.5 Å². The van der Waals surface area contributed by atoms with Gasteiger partial charge in [-0.2, -0.15) is 0 Å². The molecule has 1 aliphatic rings. The van der Waals surface area contributed by atoms with Crippen molar-refractivity contribution in [2.45, 2.75) is 13.0 Å². The zero-order valence-corrected chi connectivity index (χ0v) is 12.0. The second-order valence-electron chi connectivity index (χ2n) is 4.34. The van der Waals surface area contributed by atoms with Gasteiger partial charge in [-0.3, -0.25) is 0 Å². The van der Waals surface area contributed by atoms with E-state index in [-0.39, 0.29) is 0 Å². The fourth-order valence-electron chi connectivity index (χ4n) is 1.93. The lowest BCUT2D eigenvalue weighted by Gasteiger charge is -2.21. The Morgan fingerprint density at radius 1 is 1.37 bits per heavy atom. The summed E-state index contributed by atoms with van der Waals surface area (Å²) in [5.41, 5.74) is 1.21. The van der Waals surface area contributed by atoms with Gasteiger partial charge in [0, 0.05) is 18.3 Å². The highest BCUT2D eigenvalue weighted by Crippen LogP contribution is 2.32. The summed E-state index contributed by atoms with van der Waals surface area (Å²) in [6.45, 7) is 4.35. The van der Waals surface area contributed by atoms with Crippen LogP contribution >= 0.6 is 11.8 Å². The van der Waals surface area contributed by atoms with Crippen LogP contribution in [0.5, 0.6) is 11.5 Å². The third kappa shape index (κ3) is 4.09. The van der Waals surface area contributed by atoms with E-state index >= 15 is 0 Å². The van der Waals surface area contributed by atoms with E-state index in [1.165, 1.54) is 5.56 Å². The average Bonchev–Trinajstić information content (AvgIpc) is 2.46. The van der Waals surface area contributed by atoms with E-state index in [4.69, 9.17) is 15.9 Å². The molecule has 3 nitrogen and oxygen atoms in total. The van der Waals surface area contributed by atoms with Crippen molar-refractivity contribution in [3.63, 3.8) is 0 Å². The van der Waals surface area contributed by atoms with E-state index in [0.29, 0.717) is 19.3 Å². The van der Waals surface area contributed by atoms with E-state index in [1.807, 2.05) is 6.07 Å². The summed E-state index contributed by atoms with van der Waals surface area (Å²) in [5, 5.41) is 3.48. The average molecular weight is 277 g/mol. The molecule has 0 aliphatic carbocycles.